The molecule has 0 aromatic heterocycles. The minimum atomic E-state index is 0.624. The predicted molar refractivity (Wildman–Crippen MR) is 84.6 cm³/mol. The zero-order chi connectivity index (χ0) is 14.5. The van der Waals surface area contributed by atoms with Crippen LogP contribution in [0.15, 0.2) is 16.6 Å². The van der Waals surface area contributed by atoms with Gasteiger partial charge >= 0.3 is 0 Å². The molecule has 1 aromatic carbocycles. The molecule has 1 aliphatic heterocycles. The van der Waals surface area contributed by atoms with E-state index >= 15 is 0 Å². The second-order valence-corrected chi connectivity index (χ2v) is 6.14. The molecule has 1 heterocycles. The molecule has 1 atom stereocenters. The van der Waals surface area contributed by atoms with Gasteiger partial charge in [-0.25, -0.2) is 0 Å². The summed E-state index contributed by atoms with van der Waals surface area (Å²) in [6.45, 7) is 3.11. The molecule has 1 N–H and O–H groups in total. The first-order valence-corrected chi connectivity index (χ1v) is 7.75. The molecule has 0 amide bonds. The van der Waals surface area contributed by atoms with Crippen LogP contribution in [0.3, 0.4) is 0 Å². The molecule has 2 rings (SSSR count). The largest absolute Gasteiger partial charge is 0.493 e. The van der Waals surface area contributed by atoms with Gasteiger partial charge in [0.25, 0.3) is 0 Å². The maximum Gasteiger partial charge on any atom is 0.161 e. The number of halogens is 1. The van der Waals surface area contributed by atoms with Gasteiger partial charge in [0.2, 0.25) is 0 Å². The second-order valence-electron chi connectivity index (χ2n) is 5.29. The Morgan fingerprint density at radius 1 is 1.30 bits per heavy atom. The third kappa shape index (κ3) is 3.87. The highest BCUT2D eigenvalue weighted by atomic mass is 79.9. The number of hydrogen-bond acceptors (Lipinski definition) is 4. The van der Waals surface area contributed by atoms with E-state index in [1.165, 1.54) is 18.4 Å². The maximum atomic E-state index is 5.37. The monoisotopic (exact) mass is 342 g/mol. The van der Waals surface area contributed by atoms with Gasteiger partial charge in [-0.2, -0.15) is 0 Å². The van der Waals surface area contributed by atoms with E-state index in [-0.39, 0.29) is 0 Å². The van der Waals surface area contributed by atoms with E-state index in [0.29, 0.717) is 6.04 Å². The van der Waals surface area contributed by atoms with E-state index in [2.05, 4.69) is 33.2 Å². The molecule has 0 aliphatic carbocycles. The highest BCUT2D eigenvalue weighted by molar-refractivity contribution is 9.10. The molecule has 1 fully saturated rings. The lowest BCUT2D eigenvalue weighted by Gasteiger charge is -2.22. The van der Waals surface area contributed by atoms with Crippen LogP contribution in [-0.2, 0) is 6.54 Å². The first-order valence-electron chi connectivity index (χ1n) is 6.96. The fourth-order valence-corrected chi connectivity index (χ4v) is 3.11. The van der Waals surface area contributed by atoms with Crippen molar-refractivity contribution >= 4 is 15.9 Å². The van der Waals surface area contributed by atoms with Crippen LogP contribution in [0.25, 0.3) is 0 Å². The number of rotatable bonds is 6. The molecule has 5 heteroatoms. The molecule has 0 radical (unpaired) electrons. The Morgan fingerprint density at radius 2 is 2.00 bits per heavy atom. The molecule has 112 valence electrons. The molecular weight excluding hydrogens is 320 g/mol. The van der Waals surface area contributed by atoms with E-state index in [4.69, 9.17) is 9.47 Å². The van der Waals surface area contributed by atoms with E-state index in [9.17, 15) is 0 Å². The summed E-state index contributed by atoms with van der Waals surface area (Å²) in [6, 6.07) is 4.64. The first-order chi connectivity index (χ1) is 9.63. The normalized spacial score (nSPS) is 18.6. The van der Waals surface area contributed by atoms with Gasteiger partial charge in [-0.05, 0) is 44.1 Å². The van der Waals surface area contributed by atoms with Crippen LogP contribution in [0, 0.1) is 0 Å². The van der Waals surface area contributed by atoms with Gasteiger partial charge in [-0.3, -0.25) is 0 Å². The van der Waals surface area contributed by atoms with Gasteiger partial charge in [-0.15, -0.1) is 0 Å². The number of hydrogen-bond donors (Lipinski definition) is 1. The Hall–Kier alpha value is -0.780. The van der Waals surface area contributed by atoms with Crippen molar-refractivity contribution < 1.29 is 9.47 Å². The van der Waals surface area contributed by atoms with E-state index < -0.39 is 0 Å². The highest BCUT2D eigenvalue weighted by Gasteiger charge is 2.17. The van der Waals surface area contributed by atoms with Crippen molar-refractivity contribution in [2.45, 2.75) is 25.4 Å². The summed E-state index contributed by atoms with van der Waals surface area (Å²) in [5.41, 5.74) is 1.21. The zero-order valence-corrected chi connectivity index (χ0v) is 14.0. The summed E-state index contributed by atoms with van der Waals surface area (Å²) >= 11 is 3.61. The Bertz CT molecular complexity index is 448. The Labute approximate surface area is 129 Å². The van der Waals surface area contributed by atoms with Crippen molar-refractivity contribution in [3.63, 3.8) is 0 Å². The summed E-state index contributed by atoms with van der Waals surface area (Å²) in [5, 5.41) is 3.53. The van der Waals surface area contributed by atoms with Crippen LogP contribution in [0.2, 0.25) is 0 Å². The predicted octanol–water partition coefficient (Wildman–Crippen LogP) is 2.65. The molecule has 0 bridgehead atoms. The SMILES string of the molecule is COc1cc(Br)c(CN(C)CC2CCCN2)cc1OC. The molecular formula is C15H23BrN2O2. The summed E-state index contributed by atoms with van der Waals surface area (Å²) < 4.78 is 11.7. The average molecular weight is 343 g/mol. The number of nitrogens with zero attached hydrogens (tertiary/aromatic N) is 1. The average Bonchev–Trinajstić information content (AvgIpc) is 2.93. The molecule has 0 saturated carbocycles. The first kappa shape index (κ1) is 15.6. The summed E-state index contributed by atoms with van der Waals surface area (Å²) in [5.74, 6) is 1.53. The number of likely N-dealkylation sites (N-methyl/N-ethyl adjacent to an activating group) is 1. The molecule has 20 heavy (non-hydrogen) atoms. The van der Waals surface area contributed by atoms with Crippen LogP contribution in [0.4, 0.5) is 0 Å². The number of benzene rings is 1. The van der Waals surface area contributed by atoms with Gasteiger partial charge in [0.05, 0.1) is 14.2 Å². The molecule has 0 spiro atoms. The van der Waals surface area contributed by atoms with Gasteiger partial charge < -0.3 is 19.7 Å². The zero-order valence-electron chi connectivity index (χ0n) is 12.4. The molecule has 1 aromatic rings. The van der Waals surface area contributed by atoms with Crippen molar-refractivity contribution in [3.05, 3.63) is 22.2 Å². The Kier molecular flexibility index (Phi) is 5.69. The molecule has 1 unspecified atom stereocenters. The lowest BCUT2D eigenvalue weighted by atomic mass is 10.1. The maximum absolute atomic E-state index is 5.37. The van der Waals surface area contributed by atoms with Crippen molar-refractivity contribution in [1.29, 1.82) is 0 Å². The Morgan fingerprint density at radius 3 is 2.60 bits per heavy atom. The summed E-state index contributed by atoms with van der Waals surface area (Å²) in [4.78, 5) is 2.34. The van der Waals surface area contributed by atoms with Gasteiger partial charge in [0, 0.05) is 23.6 Å². The molecule has 1 aliphatic rings. The summed E-state index contributed by atoms with van der Waals surface area (Å²) in [6.07, 6.45) is 2.57. The van der Waals surface area contributed by atoms with Crippen LogP contribution in [0.1, 0.15) is 18.4 Å². The Balaban J connectivity index is 2.03. The van der Waals surface area contributed by atoms with Crippen LogP contribution >= 0.6 is 15.9 Å². The van der Waals surface area contributed by atoms with Gasteiger partial charge in [0.1, 0.15) is 0 Å². The third-order valence-electron chi connectivity index (χ3n) is 3.69. The standard InChI is InChI=1S/C15H23BrN2O2/c1-18(10-12-5-4-6-17-12)9-11-7-14(19-2)15(20-3)8-13(11)16/h7-8,12,17H,4-6,9-10H2,1-3H3. The highest BCUT2D eigenvalue weighted by Crippen LogP contribution is 2.33. The fourth-order valence-electron chi connectivity index (χ4n) is 2.66. The summed E-state index contributed by atoms with van der Waals surface area (Å²) in [7, 11) is 5.48. The van der Waals surface area contributed by atoms with Crippen LogP contribution < -0.4 is 14.8 Å². The lowest BCUT2D eigenvalue weighted by Crippen LogP contribution is -2.35. The third-order valence-corrected chi connectivity index (χ3v) is 4.43. The fraction of sp³-hybridized carbons (Fsp3) is 0.600. The van der Waals surface area contributed by atoms with Crippen molar-refractivity contribution in [1.82, 2.24) is 10.2 Å². The van der Waals surface area contributed by atoms with Crippen molar-refractivity contribution in [3.8, 4) is 11.5 Å². The van der Waals surface area contributed by atoms with E-state index in [0.717, 1.165) is 35.6 Å². The number of nitrogens with one attached hydrogen (secondary N) is 1. The number of methoxy groups -OCH3 is 2. The van der Waals surface area contributed by atoms with Crippen molar-refractivity contribution in [2.24, 2.45) is 0 Å². The van der Waals surface area contributed by atoms with Crippen LogP contribution in [-0.4, -0.2) is 45.3 Å². The van der Waals surface area contributed by atoms with Crippen LogP contribution in [0.5, 0.6) is 11.5 Å². The van der Waals surface area contributed by atoms with E-state index in [1.807, 2.05) is 12.1 Å². The van der Waals surface area contributed by atoms with Gasteiger partial charge in [0.15, 0.2) is 11.5 Å². The molecule has 1 saturated heterocycles. The lowest BCUT2D eigenvalue weighted by molar-refractivity contribution is 0.291. The quantitative estimate of drug-likeness (QED) is 0.861. The van der Waals surface area contributed by atoms with Crippen molar-refractivity contribution in [2.75, 3.05) is 34.4 Å². The molecule has 4 nitrogen and oxygen atoms in total. The van der Waals surface area contributed by atoms with E-state index in [1.54, 1.807) is 14.2 Å². The van der Waals surface area contributed by atoms with Gasteiger partial charge in [-0.1, -0.05) is 15.9 Å². The topological polar surface area (TPSA) is 33.7 Å². The smallest absolute Gasteiger partial charge is 0.161 e. The number of ether oxygens (including phenoxy) is 2. The second kappa shape index (κ2) is 7.29. The minimum Gasteiger partial charge on any atom is -0.493 e. The minimum absolute atomic E-state index is 0.624.